The molecule has 10 atom stereocenters. The lowest BCUT2D eigenvalue weighted by Gasteiger charge is -2.48. The first kappa shape index (κ1) is 39.1. The van der Waals surface area contributed by atoms with Crippen molar-refractivity contribution < 1.29 is 88.6 Å². The van der Waals surface area contributed by atoms with Crippen molar-refractivity contribution in [3.8, 4) is 0 Å². The van der Waals surface area contributed by atoms with Crippen LogP contribution in [0.25, 0.3) is 0 Å². The van der Waals surface area contributed by atoms with E-state index < -0.39 is 119 Å². The number of esters is 6. The van der Waals surface area contributed by atoms with Gasteiger partial charge in [-0.15, -0.1) is 11.8 Å². The minimum atomic E-state index is -5.30. The summed E-state index contributed by atoms with van der Waals surface area (Å²) in [5.74, 6) is -5.17. The standard InChI is InChI=1S/C25H36O19S2/c1-10(26)36-8-16-18(38-12(3)28)19(39-13(4)29)22(41-15(6)31)25(43-16)45-23-17(9-37-11(2)27)42-24(35-7)21(40-14(5)30)20(23)44-46(32,33)34/h16-25H,8-9H2,1-7H3,(H,32,33,34)/t16-,17-,18-,19+,20-,21-,22-,23-,24+,25+/m1/s1. The Hall–Kier alpha value is -3.08. The summed E-state index contributed by atoms with van der Waals surface area (Å²) in [4.78, 5) is 71.8. The summed E-state index contributed by atoms with van der Waals surface area (Å²) in [6.45, 7) is 5.07. The minimum Gasteiger partial charge on any atom is -0.463 e. The molecule has 0 unspecified atom stereocenters. The number of carbonyl (C=O) groups is 6. The molecule has 0 saturated carbocycles. The normalized spacial score (nSPS) is 31.1. The maximum Gasteiger partial charge on any atom is 0.397 e. The van der Waals surface area contributed by atoms with Crippen LogP contribution in [0.2, 0.25) is 0 Å². The Morgan fingerprint density at radius 2 is 1.09 bits per heavy atom. The fraction of sp³-hybridized carbons (Fsp3) is 0.760. The molecule has 21 heteroatoms. The quantitative estimate of drug-likeness (QED) is 0.140. The second-order valence-electron chi connectivity index (χ2n) is 9.81. The molecule has 2 heterocycles. The van der Waals surface area contributed by atoms with Gasteiger partial charge in [0.2, 0.25) is 0 Å². The average molecular weight is 705 g/mol. The Morgan fingerprint density at radius 3 is 1.54 bits per heavy atom. The Bertz CT molecular complexity index is 1240. The molecule has 0 aromatic rings. The first-order valence-electron chi connectivity index (χ1n) is 13.4. The van der Waals surface area contributed by atoms with E-state index in [1.54, 1.807) is 0 Å². The summed E-state index contributed by atoms with van der Waals surface area (Å²) in [6, 6.07) is 0. The number of rotatable bonds is 13. The predicted octanol–water partition coefficient (Wildman–Crippen LogP) is -0.775. The Kier molecular flexibility index (Phi) is 14.6. The Balaban J connectivity index is 2.73. The lowest BCUT2D eigenvalue weighted by Crippen LogP contribution is -2.64. The Morgan fingerprint density at radius 1 is 0.630 bits per heavy atom. The molecule has 0 radical (unpaired) electrons. The molecule has 19 nitrogen and oxygen atoms in total. The van der Waals surface area contributed by atoms with Crippen molar-refractivity contribution in [3.05, 3.63) is 0 Å². The molecule has 0 aliphatic carbocycles. The minimum absolute atomic E-state index is 0.570. The van der Waals surface area contributed by atoms with Crippen LogP contribution in [0.5, 0.6) is 0 Å². The molecule has 2 aliphatic heterocycles. The van der Waals surface area contributed by atoms with Crippen molar-refractivity contribution in [3.63, 3.8) is 0 Å². The predicted molar refractivity (Wildman–Crippen MR) is 148 cm³/mol. The molecule has 0 aromatic heterocycles. The molecule has 2 saturated heterocycles. The van der Waals surface area contributed by atoms with E-state index in [2.05, 4.69) is 0 Å². The third-order valence-corrected chi connectivity index (χ3v) is 8.05. The van der Waals surface area contributed by atoms with E-state index in [1.165, 1.54) is 0 Å². The van der Waals surface area contributed by atoms with Crippen LogP contribution in [-0.4, -0.2) is 129 Å². The van der Waals surface area contributed by atoms with Gasteiger partial charge >= 0.3 is 46.2 Å². The molecular weight excluding hydrogens is 668 g/mol. The average Bonchev–Trinajstić information content (AvgIpc) is 2.90. The summed E-state index contributed by atoms with van der Waals surface area (Å²) in [5, 5.41) is -1.45. The summed E-state index contributed by atoms with van der Waals surface area (Å²) >= 11 is 0.598. The largest absolute Gasteiger partial charge is 0.463 e. The maximum atomic E-state index is 12.3. The van der Waals surface area contributed by atoms with Gasteiger partial charge in [0.15, 0.2) is 30.7 Å². The third kappa shape index (κ3) is 11.9. The molecule has 2 rings (SSSR count). The number of methoxy groups -OCH3 is 1. The van der Waals surface area contributed by atoms with Gasteiger partial charge in [-0.1, -0.05) is 0 Å². The fourth-order valence-corrected chi connectivity index (χ4v) is 6.73. The van der Waals surface area contributed by atoms with Gasteiger partial charge in [-0.25, -0.2) is 4.18 Å². The summed E-state index contributed by atoms with van der Waals surface area (Å²) in [6.07, 6.45) is -12.5. The molecule has 0 aromatic carbocycles. The van der Waals surface area contributed by atoms with Gasteiger partial charge in [0.05, 0.1) is 5.25 Å². The number of ether oxygens (including phenoxy) is 9. The van der Waals surface area contributed by atoms with Crippen molar-refractivity contribution >= 4 is 58.0 Å². The molecule has 0 bridgehead atoms. The second-order valence-corrected chi connectivity index (χ2v) is 12.1. The zero-order chi connectivity index (χ0) is 34.9. The van der Waals surface area contributed by atoms with Crippen LogP contribution in [0.15, 0.2) is 0 Å². The van der Waals surface area contributed by atoms with E-state index in [0.29, 0.717) is 11.8 Å². The van der Waals surface area contributed by atoms with Gasteiger partial charge < -0.3 is 42.6 Å². The van der Waals surface area contributed by atoms with E-state index in [4.69, 9.17) is 46.8 Å². The lowest BCUT2D eigenvalue weighted by molar-refractivity contribution is -0.263. The highest BCUT2D eigenvalue weighted by Gasteiger charge is 2.57. The SMILES string of the molecule is CO[C@H]1O[C@H](COC(C)=O)[C@@H](S[C@@H]2O[C@H](COC(C)=O)[C@@H](OC(C)=O)[C@H](OC(C)=O)[C@H]2OC(C)=O)[C@H](OS(=O)(=O)O)[C@H]1OC(C)=O. The first-order chi connectivity index (χ1) is 21.3. The molecular formula is C25H36O19S2. The second kappa shape index (κ2) is 17.2. The number of carbonyl (C=O) groups excluding carboxylic acids is 6. The zero-order valence-corrected chi connectivity index (χ0v) is 27.4. The maximum absolute atomic E-state index is 12.3. The van der Waals surface area contributed by atoms with E-state index in [0.717, 1.165) is 48.7 Å². The highest BCUT2D eigenvalue weighted by atomic mass is 32.3. The molecule has 2 fully saturated rings. The molecule has 0 amide bonds. The van der Waals surface area contributed by atoms with Crippen molar-refractivity contribution in [1.82, 2.24) is 0 Å². The number of hydrogen-bond acceptors (Lipinski definition) is 19. The van der Waals surface area contributed by atoms with Crippen molar-refractivity contribution in [1.29, 1.82) is 0 Å². The molecule has 1 N–H and O–H groups in total. The smallest absolute Gasteiger partial charge is 0.397 e. The summed E-state index contributed by atoms with van der Waals surface area (Å²) in [5.41, 5.74) is -1.52. The van der Waals surface area contributed by atoms with Gasteiger partial charge in [0.25, 0.3) is 0 Å². The van der Waals surface area contributed by atoms with Gasteiger partial charge in [0.1, 0.15) is 37.0 Å². The lowest BCUT2D eigenvalue weighted by atomic mass is 9.99. The first-order valence-corrected chi connectivity index (χ1v) is 15.7. The zero-order valence-electron chi connectivity index (χ0n) is 25.8. The highest BCUT2D eigenvalue weighted by molar-refractivity contribution is 8.00. The van der Waals surface area contributed by atoms with Crippen LogP contribution in [0.1, 0.15) is 41.5 Å². The van der Waals surface area contributed by atoms with Gasteiger partial charge in [-0.05, 0) is 0 Å². The van der Waals surface area contributed by atoms with Crippen molar-refractivity contribution in [2.24, 2.45) is 0 Å². The van der Waals surface area contributed by atoms with Crippen LogP contribution >= 0.6 is 11.8 Å². The van der Waals surface area contributed by atoms with Crippen LogP contribution in [-0.2, 0) is 86.0 Å². The topological polar surface area (TPSA) is 249 Å². The summed E-state index contributed by atoms with van der Waals surface area (Å²) < 4.78 is 87.4. The van der Waals surface area contributed by atoms with Gasteiger partial charge in [0, 0.05) is 48.7 Å². The highest BCUT2D eigenvalue weighted by Crippen LogP contribution is 2.42. The van der Waals surface area contributed by atoms with Gasteiger partial charge in [-0.3, -0.25) is 33.3 Å². The van der Waals surface area contributed by atoms with Crippen LogP contribution in [0.4, 0.5) is 0 Å². The fourth-order valence-electron chi connectivity index (χ4n) is 4.59. The van der Waals surface area contributed by atoms with Crippen LogP contribution in [0, 0.1) is 0 Å². The van der Waals surface area contributed by atoms with Gasteiger partial charge in [-0.2, -0.15) is 8.42 Å². The Labute approximate surface area is 268 Å². The van der Waals surface area contributed by atoms with Crippen LogP contribution < -0.4 is 0 Å². The molecule has 46 heavy (non-hydrogen) atoms. The molecule has 0 spiro atoms. The number of hydrogen-bond donors (Lipinski definition) is 1. The van der Waals surface area contributed by atoms with E-state index >= 15 is 0 Å². The third-order valence-electron chi connectivity index (χ3n) is 6.05. The van der Waals surface area contributed by atoms with E-state index in [-0.39, 0.29) is 0 Å². The monoisotopic (exact) mass is 704 g/mol. The van der Waals surface area contributed by atoms with Crippen LogP contribution in [0.3, 0.4) is 0 Å². The van der Waals surface area contributed by atoms with Crippen molar-refractivity contribution in [2.45, 2.75) is 101 Å². The van der Waals surface area contributed by atoms with E-state index in [9.17, 15) is 41.7 Å². The number of thioether (sulfide) groups is 1. The molecule has 262 valence electrons. The van der Waals surface area contributed by atoms with Crippen molar-refractivity contribution in [2.75, 3.05) is 20.3 Å². The molecule has 2 aliphatic rings. The summed E-state index contributed by atoms with van der Waals surface area (Å²) in [7, 11) is -4.17. The van der Waals surface area contributed by atoms with E-state index in [1.807, 2.05) is 0 Å².